The highest BCUT2D eigenvalue weighted by atomic mass is 28.3. The topological polar surface area (TPSA) is 110 Å². The Bertz CT molecular complexity index is 1740. The van der Waals surface area contributed by atoms with Gasteiger partial charge in [0.05, 0.1) is 23.0 Å². The molecule has 252 valence electrons. The van der Waals surface area contributed by atoms with Gasteiger partial charge in [-0.2, -0.15) is 0 Å². The van der Waals surface area contributed by atoms with Crippen LogP contribution < -0.4 is 10.6 Å². The summed E-state index contributed by atoms with van der Waals surface area (Å²) < 4.78 is 29.6. The maximum Gasteiger partial charge on any atom is 0.407 e. The lowest BCUT2D eigenvalue weighted by molar-refractivity contribution is 0.0474. The molecule has 0 unspecified atom stereocenters. The second-order valence-electron chi connectivity index (χ2n) is 14.8. The molecule has 0 spiro atoms. The van der Waals surface area contributed by atoms with Gasteiger partial charge in [-0.1, -0.05) is 38.5 Å². The minimum atomic E-state index is -1.37. The molecule has 0 aliphatic heterocycles. The number of aryl methyl sites for hydroxylation is 1. The van der Waals surface area contributed by atoms with Crippen molar-refractivity contribution >= 4 is 31.1 Å². The molecule has 11 heteroatoms. The molecule has 1 aromatic carbocycles. The summed E-state index contributed by atoms with van der Waals surface area (Å²) in [5, 5.41) is 7.07. The van der Waals surface area contributed by atoms with Crippen molar-refractivity contribution in [2.24, 2.45) is 0 Å². The Kier molecular flexibility index (Phi) is 10.3. The van der Waals surface area contributed by atoms with Gasteiger partial charge in [0, 0.05) is 49.6 Å². The number of carbonyl (C=O) groups is 2. The van der Waals surface area contributed by atoms with Crippen LogP contribution in [-0.4, -0.2) is 58.9 Å². The van der Waals surface area contributed by atoms with E-state index in [1.165, 1.54) is 6.07 Å². The molecule has 9 nitrogen and oxygen atoms in total. The molecule has 1 fully saturated rings. The van der Waals surface area contributed by atoms with Gasteiger partial charge in [0.15, 0.2) is 0 Å². The third-order valence-corrected chi connectivity index (χ3v) is 10.2. The van der Waals surface area contributed by atoms with Crippen LogP contribution in [0, 0.1) is 12.7 Å². The van der Waals surface area contributed by atoms with E-state index in [2.05, 4.69) is 40.2 Å². The van der Waals surface area contributed by atoms with Crippen LogP contribution >= 0.6 is 0 Å². The van der Waals surface area contributed by atoms with Crippen LogP contribution in [0.2, 0.25) is 25.7 Å². The van der Waals surface area contributed by atoms with E-state index >= 15 is 4.39 Å². The summed E-state index contributed by atoms with van der Waals surface area (Å²) in [5.74, 6) is -0.764. The minimum Gasteiger partial charge on any atom is -0.444 e. The van der Waals surface area contributed by atoms with Crippen molar-refractivity contribution in [3.05, 3.63) is 65.7 Å². The zero-order chi connectivity index (χ0) is 33.9. The number of fused-ring (bicyclic) bond motifs is 1. The molecule has 1 aliphatic carbocycles. The molecule has 0 saturated heterocycles. The van der Waals surface area contributed by atoms with Crippen molar-refractivity contribution < 1.29 is 23.5 Å². The minimum absolute atomic E-state index is 0.135. The number of nitrogens with one attached hydrogen (secondary N) is 3. The first kappa shape index (κ1) is 34.4. The van der Waals surface area contributed by atoms with Crippen molar-refractivity contribution in [3.8, 4) is 22.5 Å². The van der Waals surface area contributed by atoms with Crippen molar-refractivity contribution in [1.29, 1.82) is 0 Å². The van der Waals surface area contributed by atoms with Crippen LogP contribution in [0.25, 0.3) is 33.5 Å². The summed E-state index contributed by atoms with van der Waals surface area (Å²) in [4.78, 5) is 34.7. The maximum atomic E-state index is 15.9. The Hall–Kier alpha value is -3.96. The van der Waals surface area contributed by atoms with Gasteiger partial charge in [-0.05, 0) is 82.5 Å². The fraction of sp³-hybridized carbons (Fsp3) is 0.472. The zero-order valence-corrected chi connectivity index (χ0v) is 29.6. The number of H-pyrrole nitrogens is 1. The monoisotopic (exact) mass is 661 g/mol. The van der Waals surface area contributed by atoms with E-state index in [-0.39, 0.29) is 24.7 Å². The predicted octanol–water partition coefficient (Wildman–Crippen LogP) is 8.02. The Morgan fingerprint density at radius 2 is 1.77 bits per heavy atom. The van der Waals surface area contributed by atoms with Gasteiger partial charge in [-0.15, -0.1) is 0 Å². The highest BCUT2D eigenvalue weighted by molar-refractivity contribution is 6.76. The number of nitrogens with zero attached hydrogens (tertiary/aromatic N) is 2. The Morgan fingerprint density at radius 3 is 2.45 bits per heavy atom. The van der Waals surface area contributed by atoms with E-state index in [1.807, 2.05) is 62.7 Å². The van der Waals surface area contributed by atoms with Crippen molar-refractivity contribution in [1.82, 2.24) is 25.2 Å². The second kappa shape index (κ2) is 14.0. The third-order valence-electron chi connectivity index (χ3n) is 8.46. The average Bonchev–Trinajstić information content (AvgIpc) is 3.60. The van der Waals surface area contributed by atoms with Crippen LogP contribution in [0.4, 0.5) is 9.18 Å². The number of ether oxygens (including phenoxy) is 2. The van der Waals surface area contributed by atoms with Gasteiger partial charge in [0.25, 0.3) is 5.91 Å². The SMILES string of the molecule is Cc1ccc(-c2c(C(=O)N[C@H]3CCCC[C@H]3NC(=O)OC(C)(C)C)cc(-c3ccnc4[nH]ccc34)n2COCC[Si](C)(C)C)c(F)c1. The number of carbonyl (C=O) groups excluding carboxylic acids is 2. The van der Waals surface area contributed by atoms with Gasteiger partial charge < -0.3 is 29.7 Å². The number of hydrogen-bond acceptors (Lipinski definition) is 5. The highest BCUT2D eigenvalue weighted by Gasteiger charge is 2.32. The molecule has 3 aromatic heterocycles. The van der Waals surface area contributed by atoms with E-state index in [0.29, 0.717) is 41.9 Å². The Labute approximate surface area is 277 Å². The number of pyridine rings is 1. The number of hydrogen-bond donors (Lipinski definition) is 3. The van der Waals surface area contributed by atoms with Crippen molar-refractivity contribution in [2.45, 2.75) is 103 Å². The lowest BCUT2D eigenvalue weighted by Gasteiger charge is -2.33. The average molecular weight is 662 g/mol. The zero-order valence-electron chi connectivity index (χ0n) is 28.6. The smallest absolute Gasteiger partial charge is 0.407 e. The molecule has 2 atom stereocenters. The van der Waals surface area contributed by atoms with Gasteiger partial charge in [-0.3, -0.25) is 4.79 Å². The molecule has 3 N–H and O–H groups in total. The third kappa shape index (κ3) is 8.50. The predicted molar refractivity (Wildman–Crippen MR) is 187 cm³/mol. The molecule has 1 saturated carbocycles. The van der Waals surface area contributed by atoms with E-state index in [0.717, 1.165) is 41.1 Å². The van der Waals surface area contributed by atoms with E-state index in [4.69, 9.17) is 9.47 Å². The van der Waals surface area contributed by atoms with E-state index in [9.17, 15) is 9.59 Å². The number of aromatic amines is 1. The Morgan fingerprint density at radius 1 is 1.04 bits per heavy atom. The van der Waals surface area contributed by atoms with Crippen LogP contribution in [0.3, 0.4) is 0 Å². The van der Waals surface area contributed by atoms with Crippen molar-refractivity contribution in [3.63, 3.8) is 0 Å². The fourth-order valence-corrected chi connectivity index (χ4v) is 6.84. The van der Waals surface area contributed by atoms with Gasteiger partial charge in [0.1, 0.15) is 23.8 Å². The number of rotatable bonds is 10. The van der Waals surface area contributed by atoms with E-state index < -0.39 is 25.6 Å². The summed E-state index contributed by atoms with van der Waals surface area (Å²) in [7, 11) is -1.37. The van der Waals surface area contributed by atoms with Gasteiger partial charge >= 0.3 is 6.09 Å². The van der Waals surface area contributed by atoms with Crippen LogP contribution in [0.1, 0.15) is 62.4 Å². The Balaban J connectivity index is 1.58. The quantitative estimate of drug-likeness (QED) is 0.118. The summed E-state index contributed by atoms with van der Waals surface area (Å²) in [6.07, 6.45) is 6.29. The molecule has 0 bridgehead atoms. The number of alkyl carbamates (subject to hydrolysis) is 1. The lowest BCUT2D eigenvalue weighted by atomic mass is 9.90. The summed E-state index contributed by atoms with van der Waals surface area (Å²) in [6, 6.07) is 11.1. The van der Waals surface area contributed by atoms with Crippen LogP contribution in [0.15, 0.2) is 48.8 Å². The summed E-state index contributed by atoms with van der Waals surface area (Å²) >= 11 is 0. The van der Waals surface area contributed by atoms with Gasteiger partial charge in [0.2, 0.25) is 0 Å². The molecular formula is C36H48FN5O4Si. The lowest BCUT2D eigenvalue weighted by Crippen LogP contribution is -2.53. The van der Waals surface area contributed by atoms with Crippen LogP contribution in [0.5, 0.6) is 0 Å². The van der Waals surface area contributed by atoms with E-state index in [1.54, 1.807) is 12.3 Å². The highest BCUT2D eigenvalue weighted by Crippen LogP contribution is 2.37. The molecule has 47 heavy (non-hydrogen) atoms. The molecule has 0 radical (unpaired) electrons. The molecular weight excluding hydrogens is 614 g/mol. The summed E-state index contributed by atoms with van der Waals surface area (Å²) in [6.45, 7) is 14.9. The van der Waals surface area contributed by atoms with Gasteiger partial charge in [-0.25, -0.2) is 14.2 Å². The first-order valence-corrected chi connectivity index (χ1v) is 20.2. The number of benzene rings is 1. The number of amides is 2. The first-order valence-electron chi connectivity index (χ1n) is 16.5. The first-order chi connectivity index (χ1) is 22.2. The number of halogens is 1. The largest absolute Gasteiger partial charge is 0.444 e. The maximum absolute atomic E-state index is 15.9. The van der Waals surface area contributed by atoms with Crippen molar-refractivity contribution in [2.75, 3.05) is 6.61 Å². The molecule has 1 aliphatic rings. The molecule has 4 aromatic rings. The van der Waals surface area contributed by atoms with Crippen LogP contribution in [-0.2, 0) is 16.2 Å². The normalized spacial score (nSPS) is 17.1. The molecule has 3 heterocycles. The number of aromatic nitrogens is 3. The second-order valence-corrected chi connectivity index (χ2v) is 20.4. The molecule has 2 amide bonds. The standard InChI is InChI=1S/C36H48FN5O4Si/c1-23-12-13-26(28(37)20-23)32-27(34(43)40-29-10-8-9-11-30(29)41-35(44)46-36(2,3)4)21-31(42(32)22-45-18-19-47(5,6)7)24-14-16-38-33-25(24)15-17-39-33/h12-17,20-21,29-30H,8-11,18-19,22H2,1-7H3,(H,38,39)(H,40,43)(H,41,44)/t29-,30+/m0/s1. The fourth-order valence-electron chi connectivity index (χ4n) is 6.08. The molecule has 5 rings (SSSR count). The summed E-state index contributed by atoms with van der Waals surface area (Å²) in [5.41, 5.74) is 3.50.